The number of hydrogen-bond acceptors (Lipinski definition) is 8. The highest BCUT2D eigenvalue weighted by Crippen LogP contribution is 2.19. The zero-order chi connectivity index (χ0) is 32.4. The maximum atomic E-state index is 13.4. The zero-order valence-electron chi connectivity index (χ0n) is 23.5. The number of rotatable bonds is 16. The number of para-hydroxylation sites is 1. The number of primary amides is 1. The van der Waals surface area contributed by atoms with Crippen molar-refractivity contribution in [3.63, 3.8) is 0 Å². The van der Waals surface area contributed by atoms with Crippen LogP contribution in [0.15, 0.2) is 54.7 Å². The molecule has 2 aromatic carbocycles. The van der Waals surface area contributed by atoms with Gasteiger partial charge in [-0.25, -0.2) is 4.79 Å². The highest BCUT2D eigenvalue weighted by molar-refractivity contribution is 5.96. The second kappa shape index (κ2) is 15.2. The Balaban J connectivity index is 1.82. The number of aromatic amines is 1. The van der Waals surface area contributed by atoms with E-state index in [2.05, 4.69) is 20.9 Å². The van der Waals surface area contributed by atoms with Crippen molar-refractivity contribution in [1.82, 2.24) is 20.9 Å². The number of carbonyl (C=O) groups excluding carboxylic acids is 4. The van der Waals surface area contributed by atoms with Gasteiger partial charge in [0.15, 0.2) is 0 Å². The number of fused-ring (bicyclic) bond motifs is 1. The predicted octanol–water partition coefficient (Wildman–Crippen LogP) is -0.735. The molecule has 3 aromatic rings. The number of aromatic nitrogens is 1. The summed E-state index contributed by atoms with van der Waals surface area (Å²) >= 11 is 0. The van der Waals surface area contributed by atoms with Crippen molar-refractivity contribution >= 4 is 46.5 Å². The number of carbonyl (C=O) groups is 6. The first-order valence-electron chi connectivity index (χ1n) is 13.6. The number of phenols is 1. The van der Waals surface area contributed by atoms with Gasteiger partial charge in [-0.1, -0.05) is 30.3 Å². The number of amides is 4. The molecule has 1 heterocycles. The van der Waals surface area contributed by atoms with Gasteiger partial charge in [-0.05, 0) is 42.2 Å². The third kappa shape index (κ3) is 9.55. The van der Waals surface area contributed by atoms with Crippen LogP contribution in [0.4, 0.5) is 0 Å². The van der Waals surface area contributed by atoms with Gasteiger partial charge in [-0.3, -0.25) is 24.0 Å². The molecule has 234 valence electrons. The first-order chi connectivity index (χ1) is 20.8. The van der Waals surface area contributed by atoms with Crippen molar-refractivity contribution in [2.24, 2.45) is 11.5 Å². The normalized spacial score (nSPS) is 13.7. The Morgan fingerprint density at radius 2 is 1.41 bits per heavy atom. The largest absolute Gasteiger partial charge is 0.508 e. The van der Waals surface area contributed by atoms with E-state index in [1.54, 1.807) is 42.6 Å². The van der Waals surface area contributed by atoms with Crippen molar-refractivity contribution in [2.75, 3.05) is 0 Å². The highest BCUT2D eigenvalue weighted by atomic mass is 16.4. The predicted molar refractivity (Wildman–Crippen MR) is 156 cm³/mol. The Hall–Kier alpha value is -5.44. The molecular formula is C29H34N6O9. The van der Waals surface area contributed by atoms with Crippen LogP contribution in [0.2, 0.25) is 0 Å². The summed E-state index contributed by atoms with van der Waals surface area (Å²) in [6.45, 7) is 0. The number of H-pyrrole nitrogens is 1. The van der Waals surface area contributed by atoms with Gasteiger partial charge in [0.2, 0.25) is 23.6 Å². The third-order valence-electron chi connectivity index (χ3n) is 6.76. The monoisotopic (exact) mass is 610 g/mol. The molecule has 0 aliphatic carbocycles. The number of hydrogen-bond donors (Lipinski definition) is 9. The van der Waals surface area contributed by atoms with Crippen LogP contribution in [0.3, 0.4) is 0 Å². The van der Waals surface area contributed by atoms with E-state index in [1.165, 1.54) is 12.1 Å². The van der Waals surface area contributed by atoms with Gasteiger partial charge in [0.25, 0.3) is 0 Å². The van der Waals surface area contributed by atoms with Crippen LogP contribution in [-0.4, -0.2) is 80.0 Å². The summed E-state index contributed by atoms with van der Waals surface area (Å²) < 4.78 is 0. The molecule has 1 aromatic heterocycles. The topological polar surface area (TPSA) is 267 Å². The van der Waals surface area contributed by atoms with E-state index < -0.39 is 79.0 Å². The molecule has 0 fully saturated rings. The van der Waals surface area contributed by atoms with Crippen molar-refractivity contribution in [1.29, 1.82) is 0 Å². The number of aliphatic carboxylic acids is 2. The quantitative estimate of drug-likeness (QED) is 0.0980. The number of carboxylic acids is 2. The first-order valence-corrected chi connectivity index (χ1v) is 13.6. The maximum absolute atomic E-state index is 13.4. The Morgan fingerprint density at radius 3 is 2.05 bits per heavy atom. The molecule has 0 spiro atoms. The van der Waals surface area contributed by atoms with E-state index in [-0.39, 0.29) is 18.6 Å². The summed E-state index contributed by atoms with van der Waals surface area (Å²) in [6, 6.07) is 7.40. The van der Waals surface area contributed by atoms with Crippen molar-refractivity contribution in [3.05, 3.63) is 65.9 Å². The molecule has 15 nitrogen and oxygen atoms in total. The Morgan fingerprint density at radius 1 is 0.795 bits per heavy atom. The van der Waals surface area contributed by atoms with Crippen LogP contribution in [0.25, 0.3) is 10.9 Å². The summed E-state index contributed by atoms with van der Waals surface area (Å²) in [5.74, 6) is -6.35. The second-order valence-corrected chi connectivity index (χ2v) is 10.2. The van der Waals surface area contributed by atoms with Crippen LogP contribution >= 0.6 is 0 Å². The molecule has 0 aliphatic rings. The van der Waals surface area contributed by atoms with E-state index in [4.69, 9.17) is 16.6 Å². The molecule has 0 saturated heterocycles. The van der Waals surface area contributed by atoms with E-state index in [1.807, 2.05) is 0 Å². The number of nitrogens with two attached hydrogens (primary N) is 2. The van der Waals surface area contributed by atoms with E-state index in [0.717, 1.165) is 10.9 Å². The van der Waals surface area contributed by atoms with Crippen LogP contribution in [0.5, 0.6) is 5.75 Å². The van der Waals surface area contributed by atoms with Gasteiger partial charge < -0.3 is 47.7 Å². The van der Waals surface area contributed by atoms with Gasteiger partial charge in [0.05, 0.1) is 12.5 Å². The molecule has 4 unspecified atom stereocenters. The number of phenolic OH excluding ortho intramolecular Hbond substituents is 1. The standard InChI is InChI=1S/C29H34N6O9/c30-19(11-15-5-7-17(36)8-6-15)26(40)34-23(13-24(31)37)28(42)35-22(12-16-14-32-20-4-2-1-3-18(16)20)27(41)33-21(29(43)44)9-10-25(38)39/h1-8,14,19,21-23,32,36H,9-13,30H2,(H2,31,37)(H,33,41)(H,34,40)(H,35,42)(H,38,39)(H,43,44). The lowest BCUT2D eigenvalue weighted by Gasteiger charge is -2.25. The first kappa shape index (κ1) is 33.1. The fraction of sp³-hybridized carbons (Fsp3) is 0.310. The number of benzene rings is 2. The molecule has 3 rings (SSSR count). The molecule has 15 heteroatoms. The van der Waals surface area contributed by atoms with Crippen molar-refractivity contribution < 1.29 is 44.1 Å². The Kier molecular flexibility index (Phi) is 11.4. The second-order valence-electron chi connectivity index (χ2n) is 10.2. The van der Waals surface area contributed by atoms with Gasteiger partial charge in [-0.15, -0.1) is 0 Å². The lowest BCUT2D eigenvalue weighted by atomic mass is 10.0. The van der Waals surface area contributed by atoms with Crippen molar-refractivity contribution in [3.8, 4) is 5.75 Å². The van der Waals surface area contributed by atoms with Gasteiger partial charge in [0.1, 0.15) is 23.9 Å². The number of carboxylic acid groups (broad SMARTS) is 2. The lowest BCUT2D eigenvalue weighted by Crippen LogP contribution is -2.58. The van der Waals surface area contributed by atoms with Crippen LogP contribution in [0.1, 0.15) is 30.4 Å². The lowest BCUT2D eigenvalue weighted by molar-refractivity contribution is -0.143. The summed E-state index contributed by atoms with van der Waals surface area (Å²) in [4.78, 5) is 77.1. The minimum Gasteiger partial charge on any atom is -0.508 e. The van der Waals surface area contributed by atoms with Crippen LogP contribution < -0.4 is 27.4 Å². The zero-order valence-corrected chi connectivity index (χ0v) is 23.5. The Bertz CT molecular complexity index is 1520. The molecule has 11 N–H and O–H groups in total. The number of nitrogens with one attached hydrogen (secondary N) is 4. The summed E-state index contributed by atoms with van der Waals surface area (Å²) in [5, 5.41) is 35.8. The molecule has 0 radical (unpaired) electrons. The molecule has 0 saturated carbocycles. The average Bonchev–Trinajstić information content (AvgIpc) is 3.37. The van der Waals surface area contributed by atoms with Crippen molar-refractivity contribution in [2.45, 2.75) is 56.3 Å². The molecule has 4 amide bonds. The summed E-state index contributed by atoms with van der Waals surface area (Å²) in [7, 11) is 0. The fourth-order valence-electron chi connectivity index (χ4n) is 4.47. The fourth-order valence-corrected chi connectivity index (χ4v) is 4.47. The minimum absolute atomic E-state index is 0.0211. The summed E-state index contributed by atoms with van der Waals surface area (Å²) in [5.41, 5.74) is 13.3. The van der Waals surface area contributed by atoms with Crippen LogP contribution in [0, 0.1) is 0 Å². The summed E-state index contributed by atoms with van der Waals surface area (Å²) in [6.07, 6.45) is -0.0697. The minimum atomic E-state index is -1.57. The average molecular weight is 611 g/mol. The Labute approximate surface area is 251 Å². The molecule has 0 aliphatic heterocycles. The SMILES string of the molecule is NC(=O)CC(NC(=O)C(N)Cc1ccc(O)cc1)C(=O)NC(Cc1c[nH]c2ccccc12)C(=O)NC(CCC(=O)O)C(=O)O. The third-order valence-corrected chi connectivity index (χ3v) is 6.76. The highest BCUT2D eigenvalue weighted by Gasteiger charge is 2.32. The molecule has 4 atom stereocenters. The van der Waals surface area contributed by atoms with E-state index in [0.29, 0.717) is 11.1 Å². The van der Waals surface area contributed by atoms with Crippen LogP contribution in [-0.2, 0) is 41.6 Å². The van der Waals surface area contributed by atoms with E-state index >= 15 is 0 Å². The smallest absolute Gasteiger partial charge is 0.326 e. The van der Waals surface area contributed by atoms with E-state index in [9.17, 15) is 39.0 Å². The molecular weight excluding hydrogens is 576 g/mol. The van der Waals surface area contributed by atoms with Gasteiger partial charge >= 0.3 is 11.9 Å². The van der Waals surface area contributed by atoms with Gasteiger partial charge in [0, 0.05) is 29.9 Å². The van der Waals surface area contributed by atoms with Gasteiger partial charge in [-0.2, -0.15) is 0 Å². The number of aromatic hydroxyl groups is 1. The molecule has 0 bridgehead atoms. The molecule has 44 heavy (non-hydrogen) atoms. The maximum Gasteiger partial charge on any atom is 0.326 e.